The number of nitrogens with zero attached hydrogens (tertiary/aromatic N) is 1. The highest BCUT2D eigenvalue weighted by molar-refractivity contribution is 7.89. The van der Waals surface area contributed by atoms with Crippen LogP contribution in [-0.2, 0) is 10.0 Å². The minimum Gasteiger partial charge on any atom is -0.491 e. The van der Waals surface area contributed by atoms with Crippen molar-refractivity contribution in [3.8, 4) is 5.75 Å². The summed E-state index contributed by atoms with van der Waals surface area (Å²) in [6, 6.07) is 7.32. The first kappa shape index (κ1) is 24.4. The minimum atomic E-state index is -3.31. The van der Waals surface area contributed by atoms with Crippen molar-refractivity contribution < 1.29 is 18.3 Å². The fourth-order valence-corrected chi connectivity index (χ4v) is 4.01. The van der Waals surface area contributed by atoms with Crippen LogP contribution in [0.5, 0.6) is 5.75 Å². The molecule has 1 aliphatic carbocycles. The van der Waals surface area contributed by atoms with Gasteiger partial charge in [-0.3, -0.25) is 4.99 Å². The Bertz CT molecular complexity index is 779. The molecule has 0 aromatic heterocycles. The molecule has 0 heterocycles. The largest absolute Gasteiger partial charge is 0.491 e. The van der Waals surface area contributed by atoms with Crippen molar-refractivity contribution in [2.45, 2.75) is 52.2 Å². The summed E-state index contributed by atoms with van der Waals surface area (Å²) < 4.78 is 32.6. The number of nitrogens with one attached hydrogen (secondary N) is 3. The van der Waals surface area contributed by atoms with Gasteiger partial charge in [-0.05, 0) is 57.2 Å². The van der Waals surface area contributed by atoms with Gasteiger partial charge in [-0.25, -0.2) is 13.1 Å². The Morgan fingerprint density at radius 2 is 2.07 bits per heavy atom. The Morgan fingerprint density at radius 1 is 1.30 bits per heavy atom. The monoisotopic (exact) mass is 440 g/mol. The third kappa shape index (κ3) is 8.89. The van der Waals surface area contributed by atoms with Gasteiger partial charge in [-0.2, -0.15) is 0 Å². The van der Waals surface area contributed by atoms with Gasteiger partial charge in [0, 0.05) is 19.6 Å². The van der Waals surface area contributed by atoms with Gasteiger partial charge < -0.3 is 20.5 Å². The second-order valence-electron chi connectivity index (χ2n) is 7.87. The normalized spacial score (nSPS) is 16.2. The Balaban J connectivity index is 1.84. The lowest BCUT2D eigenvalue weighted by molar-refractivity contribution is 0.185. The zero-order valence-electron chi connectivity index (χ0n) is 18.2. The first-order chi connectivity index (χ1) is 14.3. The standard InChI is InChI=1S/C21H36N4O4S/c1-4-22-21(23-11-12-30(27,28)25-14-17-7-5-8-17)24-15-20(26)18-9-6-10-19(13-18)29-16(2)3/h6,9-10,13,16-17,20,25-26H,4-5,7-8,11-12,14-15H2,1-3H3,(H2,22,23,24). The second-order valence-corrected chi connectivity index (χ2v) is 9.79. The molecule has 1 unspecified atom stereocenters. The van der Waals surface area contributed by atoms with Crippen molar-refractivity contribution in [3.63, 3.8) is 0 Å². The Hall–Kier alpha value is -1.84. The number of aliphatic hydroxyl groups excluding tert-OH is 1. The molecule has 2 rings (SSSR count). The molecule has 1 atom stereocenters. The first-order valence-electron chi connectivity index (χ1n) is 10.7. The number of guanidine groups is 1. The molecule has 1 fully saturated rings. The van der Waals surface area contributed by atoms with E-state index in [1.165, 1.54) is 6.42 Å². The molecule has 1 aromatic carbocycles. The van der Waals surface area contributed by atoms with Gasteiger partial charge in [0.25, 0.3) is 0 Å². The molecular weight excluding hydrogens is 404 g/mol. The van der Waals surface area contributed by atoms with E-state index in [1.54, 1.807) is 6.07 Å². The Morgan fingerprint density at radius 3 is 2.70 bits per heavy atom. The zero-order chi connectivity index (χ0) is 22.0. The smallest absolute Gasteiger partial charge is 0.213 e. The van der Waals surface area contributed by atoms with E-state index < -0.39 is 16.1 Å². The molecule has 1 aliphatic rings. The predicted molar refractivity (Wildman–Crippen MR) is 120 cm³/mol. The van der Waals surface area contributed by atoms with Gasteiger partial charge in [0.05, 0.1) is 24.5 Å². The van der Waals surface area contributed by atoms with Crippen LogP contribution >= 0.6 is 0 Å². The summed E-state index contributed by atoms with van der Waals surface area (Å²) in [5.41, 5.74) is 0.718. The van der Waals surface area contributed by atoms with E-state index in [1.807, 2.05) is 39.0 Å². The summed E-state index contributed by atoms with van der Waals surface area (Å²) in [5, 5.41) is 16.6. The summed E-state index contributed by atoms with van der Waals surface area (Å²) >= 11 is 0. The van der Waals surface area contributed by atoms with E-state index in [2.05, 4.69) is 20.3 Å². The maximum Gasteiger partial charge on any atom is 0.213 e. The van der Waals surface area contributed by atoms with E-state index in [0.717, 1.165) is 18.4 Å². The Labute approximate surface area is 180 Å². The maximum atomic E-state index is 12.1. The van der Waals surface area contributed by atoms with Crippen LogP contribution in [0, 0.1) is 5.92 Å². The van der Waals surface area contributed by atoms with Gasteiger partial charge in [0.15, 0.2) is 5.96 Å². The maximum absolute atomic E-state index is 12.1. The van der Waals surface area contributed by atoms with Crippen molar-refractivity contribution in [3.05, 3.63) is 29.8 Å². The molecule has 30 heavy (non-hydrogen) atoms. The minimum absolute atomic E-state index is 0.0265. The van der Waals surface area contributed by atoms with Crippen LogP contribution in [-0.4, -0.2) is 57.5 Å². The topological polar surface area (TPSA) is 112 Å². The average molecular weight is 441 g/mol. The van der Waals surface area contributed by atoms with E-state index in [9.17, 15) is 13.5 Å². The number of sulfonamides is 1. The predicted octanol–water partition coefficient (Wildman–Crippen LogP) is 1.78. The molecule has 1 aromatic rings. The highest BCUT2D eigenvalue weighted by atomic mass is 32.2. The van der Waals surface area contributed by atoms with Gasteiger partial charge in [0.2, 0.25) is 10.0 Å². The number of hydrogen-bond acceptors (Lipinski definition) is 5. The summed E-state index contributed by atoms with van der Waals surface area (Å²) in [6.45, 7) is 7.37. The van der Waals surface area contributed by atoms with E-state index >= 15 is 0 Å². The quantitative estimate of drug-likeness (QED) is 0.291. The van der Waals surface area contributed by atoms with E-state index in [0.29, 0.717) is 30.7 Å². The van der Waals surface area contributed by atoms with Gasteiger partial charge in [-0.15, -0.1) is 0 Å². The lowest BCUT2D eigenvalue weighted by Gasteiger charge is -2.25. The van der Waals surface area contributed by atoms with Crippen molar-refractivity contribution in [2.24, 2.45) is 10.9 Å². The zero-order valence-corrected chi connectivity index (χ0v) is 19.0. The molecule has 0 bridgehead atoms. The first-order valence-corrected chi connectivity index (χ1v) is 12.4. The number of hydrogen-bond donors (Lipinski definition) is 4. The number of benzene rings is 1. The molecule has 1 saturated carbocycles. The van der Waals surface area contributed by atoms with Crippen LogP contribution in [0.2, 0.25) is 0 Å². The second kappa shape index (κ2) is 12.1. The number of aliphatic imine (C=N–C) groups is 1. The molecule has 9 heteroatoms. The van der Waals surface area contributed by atoms with Crippen molar-refractivity contribution in [1.29, 1.82) is 0 Å². The number of rotatable bonds is 12. The van der Waals surface area contributed by atoms with Crippen LogP contribution < -0.4 is 20.1 Å². The van der Waals surface area contributed by atoms with Gasteiger partial charge in [0.1, 0.15) is 5.75 Å². The van der Waals surface area contributed by atoms with Crippen LogP contribution in [0.3, 0.4) is 0 Å². The molecule has 0 radical (unpaired) electrons. The molecule has 4 N–H and O–H groups in total. The van der Waals surface area contributed by atoms with Crippen molar-refractivity contribution in [1.82, 2.24) is 15.4 Å². The van der Waals surface area contributed by atoms with Crippen LogP contribution in [0.15, 0.2) is 29.3 Å². The SMILES string of the molecule is CCNC(=NCC(O)c1cccc(OC(C)C)c1)NCCS(=O)(=O)NCC1CCC1. The molecule has 0 aliphatic heterocycles. The van der Waals surface area contributed by atoms with Crippen LogP contribution in [0.4, 0.5) is 0 Å². The molecule has 0 saturated heterocycles. The van der Waals surface area contributed by atoms with Crippen molar-refractivity contribution in [2.75, 3.05) is 31.9 Å². The molecule has 0 spiro atoms. The lowest BCUT2D eigenvalue weighted by atomic mass is 9.86. The van der Waals surface area contributed by atoms with E-state index in [-0.39, 0.29) is 24.9 Å². The summed E-state index contributed by atoms with van der Waals surface area (Å²) in [4.78, 5) is 4.38. The highest BCUT2D eigenvalue weighted by Crippen LogP contribution is 2.25. The fraction of sp³-hybridized carbons (Fsp3) is 0.667. The summed E-state index contributed by atoms with van der Waals surface area (Å²) in [6.07, 6.45) is 2.67. The molecule has 8 nitrogen and oxygen atoms in total. The number of aliphatic hydroxyl groups is 1. The third-order valence-electron chi connectivity index (χ3n) is 4.86. The molecule has 0 amide bonds. The van der Waals surface area contributed by atoms with Crippen molar-refractivity contribution >= 4 is 16.0 Å². The van der Waals surface area contributed by atoms with Crippen LogP contribution in [0.25, 0.3) is 0 Å². The van der Waals surface area contributed by atoms with Gasteiger partial charge in [-0.1, -0.05) is 18.6 Å². The molecule has 170 valence electrons. The summed E-state index contributed by atoms with van der Waals surface area (Å²) in [5.74, 6) is 1.63. The molecular formula is C21H36N4O4S. The lowest BCUT2D eigenvalue weighted by Crippen LogP contribution is -2.42. The fourth-order valence-electron chi connectivity index (χ4n) is 3.01. The van der Waals surface area contributed by atoms with Crippen LogP contribution in [0.1, 0.15) is 51.7 Å². The van der Waals surface area contributed by atoms with E-state index in [4.69, 9.17) is 4.74 Å². The van der Waals surface area contributed by atoms with Gasteiger partial charge >= 0.3 is 0 Å². The average Bonchev–Trinajstić information content (AvgIpc) is 2.64. The Kier molecular flexibility index (Phi) is 9.87. The highest BCUT2D eigenvalue weighted by Gasteiger charge is 2.20. The number of ether oxygens (including phenoxy) is 1. The third-order valence-corrected chi connectivity index (χ3v) is 6.21. The summed E-state index contributed by atoms with van der Waals surface area (Å²) in [7, 11) is -3.31.